The molecule has 4 aromatic rings. The van der Waals surface area contributed by atoms with Crippen LogP contribution < -0.4 is 10.6 Å². The first-order chi connectivity index (χ1) is 15.6. The van der Waals surface area contributed by atoms with Crippen molar-refractivity contribution in [2.75, 3.05) is 0 Å². The van der Waals surface area contributed by atoms with Crippen LogP contribution >= 0.6 is 0 Å². The molecule has 4 atom stereocenters. The summed E-state index contributed by atoms with van der Waals surface area (Å²) in [5.74, 6) is -0.331. The average Bonchev–Trinajstić information content (AvgIpc) is 3.29. The molecule has 0 radical (unpaired) electrons. The highest BCUT2D eigenvalue weighted by Crippen LogP contribution is 2.23. The minimum atomic E-state index is -0.950. The molecular formula is C24H26FN5O2. The van der Waals surface area contributed by atoms with Gasteiger partial charge in [-0.15, -0.1) is 0 Å². The summed E-state index contributed by atoms with van der Waals surface area (Å²) in [7, 11) is 0. The van der Waals surface area contributed by atoms with Gasteiger partial charge in [0.25, 0.3) is 0 Å². The van der Waals surface area contributed by atoms with E-state index in [9.17, 15) is 14.6 Å². The SMILES string of the molecule is O[C@@H]1[C@H](O)[C@@H](NCc2cccn3ccnc23)CC[C@@H]1NCc1cc2cccnc2cc1F. The molecule has 0 spiro atoms. The molecule has 7 nitrogen and oxygen atoms in total. The number of hydrogen-bond acceptors (Lipinski definition) is 6. The molecule has 32 heavy (non-hydrogen) atoms. The molecule has 1 aromatic carbocycles. The highest BCUT2D eigenvalue weighted by molar-refractivity contribution is 5.79. The molecule has 1 saturated carbocycles. The maximum absolute atomic E-state index is 14.5. The molecule has 0 unspecified atom stereocenters. The molecule has 0 amide bonds. The van der Waals surface area contributed by atoms with Crippen LogP contribution in [0.1, 0.15) is 24.0 Å². The van der Waals surface area contributed by atoms with Crippen LogP contribution in [0.2, 0.25) is 0 Å². The lowest BCUT2D eigenvalue weighted by molar-refractivity contribution is -0.0488. The van der Waals surface area contributed by atoms with E-state index in [1.165, 1.54) is 6.07 Å². The minimum absolute atomic E-state index is 0.234. The Morgan fingerprint density at radius 2 is 1.66 bits per heavy atom. The topological polar surface area (TPSA) is 94.7 Å². The van der Waals surface area contributed by atoms with Gasteiger partial charge in [0.1, 0.15) is 11.5 Å². The maximum Gasteiger partial charge on any atom is 0.141 e. The van der Waals surface area contributed by atoms with Crippen molar-refractivity contribution in [3.8, 4) is 0 Å². The zero-order chi connectivity index (χ0) is 22.1. The fourth-order valence-electron chi connectivity index (χ4n) is 4.53. The third-order valence-corrected chi connectivity index (χ3v) is 6.34. The largest absolute Gasteiger partial charge is 0.389 e. The number of rotatable bonds is 6. The number of pyridine rings is 2. The van der Waals surface area contributed by atoms with E-state index in [0.717, 1.165) is 16.6 Å². The van der Waals surface area contributed by atoms with Crippen molar-refractivity contribution < 1.29 is 14.6 Å². The summed E-state index contributed by atoms with van der Waals surface area (Å²) in [6, 6.07) is 10.3. The molecule has 1 aliphatic carbocycles. The first kappa shape index (κ1) is 21.0. The number of aliphatic hydroxyl groups excluding tert-OH is 2. The van der Waals surface area contributed by atoms with Gasteiger partial charge in [-0.05, 0) is 31.0 Å². The van der Waals surface area contributed by atoms with Crippen LogP contribution in [0.4, 0.5) is 4.39 Å². The lowest BCUT2D eigenvalue weighted by atomic mass is 9.85. The number of aliphatic hydroxyl groups is 2. The number of halogens is 1. The minimum Gasteiger partial charge on any atom is -0.389 e. The quantitative estimate of drug-likeness (QED) is 0.371. The van der Waals surface area contributed by atoms with E-state index >= 15 is 0 Å². The number of benzene rings is 1. The first-order valence-corrected chi connectivity index (χ1v) is 10.9. The zero-order valence-corrected chi connectivity index (χ0v) is 17.5. The fourth-order valence-corrected chi connectivity index (χ4v) is 4.53. The Labute approximate surface area is 184 Å². The Morgan fingerprint density at radius 3 is 2.44 bits per heavy atom. The molecule has 0 aliphatic heterocycles. The highest BCUT2D eigenvalue weighted by Gasteiger charge is 2.37. The summed E-state index contributed by atoms with van der Waals surface area (Å²) < 4.78 is 16.4. The first-order valence-electron chi connectivity index (χ1n) is 10.9. The molecule has 1 fully saturated rings. The highest BCUT2D eigenvalue weighted by atomic mass is 19.1. The van der Waals surface area contributed by atoms with Gasteiger partial charge in [0.05, 0.1) is 17.7 Å². The molecule has 4 N–H and O–H groups in total. The van der Waals surface area contributed by atoms with Crippen LogP contribution in [0.25, 0.3) is 16.6 Å². The van der Waals surface area contributed by atoms with E-state index < -0.39 is 12.2 Å². The normalized spacial score (nSPS) is 23.7. The van der Waals surface area contributed by atoms with Gasteiger partial charge >= 0.3 is 0 Å². The van der Waals surface area contributed by atoms with E-state index in [-0.39, 0.29) is 24.4 Å². The molecule has 166 valence electrons. The second-order valence-electron chi connectivity index (χ2n) is 8.36. The van der Waals surface area contributed by atoms with Gasteiger partial charge in [-0.2, -0.15) is 0 Å². The molecule has 3 heterocycles. The predicted octanol–water partition coefficient (Wildman–Crippen LogP) is 2.15. The van der Waals surface area contributed by atoms with Crippen LogP contribution in [-0.2, 0) is 13.1 Å². The monoisotopic (exact) mass is 435 g/mol. The lowest BCUT2D eigenvalue weighted by Gasteiger charge is -2.38. The van der Waals surface area contributed by atoms with Gasteiger partial charge in [0.2, 0.25) is 0 Å². The summed E-state index contributed by atoms with van der Waals surface area (Å²) >= 11 is 0. The van der Waals surface area contributed by atoms with Gasteiger partial charge < -0.3 is 25.2 Å². The smallest absolute Gasteiger partial charge is 0.141 e. The Balaban J connectivity index is 1.20. The van der Waals surface area contributed by atoms with Crippen LogP contribution in [0.3, 0.4) is 0 Å². The number of imidazole rings is 1. The number of fused-ring (bicyclic) bond motifs is 2. The maximum atomic E-state index is 14.5. The summed E-state index contributed by atoms with van der Waals surface area (Å²) in [6.07, 6.45) is 6.71. The van der Waals surface area contributed by atoms with E-state index in [2.05, 4.69) is 20.6 Å². The predicted molar refractivity (Wildman–Crippen MR) is 119 cm³/mol. The molecular weight excluding hydrogens is 409 g/mol. The average molecular weight is 436 g/mol. The standard InChI is InChI=1S/C24H26FN5O2/c25-18-12-21-15(3-1-7-26-21)11-17(18)14-29-20-6-5-19(22(31)23(20)32)28-13-16-4-2-9-30-10-8-27-24(16)30/h1-4,7-12,19-20,22-23,28-29,31-32H,5-6,13-14H2/t19-,20-,22+,23-/m0/s1. The van der Waals surface area contributed by atoms with E-state index in [1.807, 2.05) is 41.1 Å². The van der Waals surface area contributed by atoms with E-state index in [4.69, 9.17) is 0 Å². The summed E-state index contributed by atoms with van der Waals surface area (Å²) in [6.45, 7) is 0.815. The van der Waals surface area contributed by atoms with Crippen molar-refractivity contribution in [2.45, 2.75) is 50.2 Å². The van der Waals surface area contributed by atoms with Crippen LogP contribution in [0.5, 0.6) is 0 Å². The van der Waals surface area contributed by atoms with Crippen molar-refractivity contribution in [3.63, 3.8) is 0 Å². The summed E-state index contributed by atoms with van der Waals surface area (Å²) in [4.78, 5) is 8.54. The Hall–Kier alpha value is -2.91. The van der Waals surface area contributed by atoms with Crippen molar-refractivity contribution in [1.29, 1.82) is 0 Å². The van der Waals surface area contributed by atoms with E-state index in [1.54, 1.807) is 18.5 Å². The molecule has 3 aromatic heterocycles. The number of nitrogens with zero attached hydrogens (tertiary/aromatic N) is 3. The van der Waals surface area contributed by atoms with Crippen molar-refractivity contribution in [3.05, 3.63) is 78.1 Å². The van der Waals surface area contributed by atoms with Gasteiger partial charge in [-0.1, -0.05) is 12.1 Å². The lowest BCUT2D eigenvalue weighted by Crippen LogP contribution is -2.58. The number of aromatic nitrogens is 3. The van der Waals surface area contributed by atoms with E-state index in [0.29, 0.717) is 30.5 Å². The summed E-state index contributed by atoms with van der Waals surface area (Å²) in [5, 5.41) is 28.8. The second kappa shape index (κ2) is 8.91. The Morgan fingerprint density at radius 1 is 0.906 bits per heavy atom. The Kier molecular flexibility index (Phi) is 5.84. The van der Waals surface area contributed by atoms with Gasteiger partial charge in [0.15, 0.2) is 0 Å². The summed E-state index contributed by atoms with van der Waals surface area (Å²) in [5.41, 5.74) is 3.03. The number of nitrogens with one attached hydrogen (secondary N) is 2. The molecule has 0 saturated heterocycles. The van der Waals surface area contributed by atoms with Crippen LogP contribution in [0.15, 0.2) is 61.2 Å². The second-order valence-corrected chi connectivity index (χ2v) is 8.36. The zero-order valence-electron chi connectivity index (χ0n) is 17.5. The van der Waals surface area contributed by atoms with Crippen molar-refractivity contribution in [2.24, 2.45) is 0 Å². The van der Waals surface area contributed by atoms with Crippen molar-refractivity contribution in [1.82, 2.24) is 25.0 Å². The van der Waals surface area contributed by atoms with Gasteiger partial charge in [0, 0.05) is 72.5 Å². The molecule has 0 bridgehead atoms. The third-order valence-electron chi connectivity index (χ3n) is 6.34. The van der Waals surface area contributed by atoms with Crippen LogP contribution in [0, 0.1) is 5.82 Å². The Bertz CT molecular complexity index is 1230. The molecule has 8 heteroatoms. The van der Waals surface area contributed by atoms with Crippen LogP contribution in [-0.4, -0.2) is 48.9 Å². The molecule has 5 rings (SSSR count). The van der Waals surface area contributed by atoms with Crippen molar-refractivity contribution >= 4 is 16.6 Å². The molecule has 1 aliphatic rings. The van der Waals surface area contributed by atoms with Gasteiger partial charge in [-0.3, -0.25) is 4.98 Å². The van der Waals surface area contributed by atoms with Gasteiger partial charge in [-0.25, -0.2) is 9.37 Å². The fraction of sp³-hybridized carbons (Fsp3) is 0.333. The number of hydrogen-bond donors (Lipinski definition) is 4. The third kappa shape index (κ3) is 4.10.